The van der Waals surface area contributed by atoms with Crippen LogP contribution in [0.15, 0.2) is 24.3 Å². The van der Waals surface area contributed by atoms with Crippen molar-refractivity contribution in [1.29, 1.82) is 5.26 Å². The van der Waals surface area contributed by atoms with E-state index in [1.165, 1.54) is 30.4 Å². The van der Waals surface area contributed by atoms with Gasteiger partial charge in [-0.1, -0.05) is 24.3 Å². The SMILES string of the molecule is N#CC1CCCCN1CC1Cc2ccccc21. The normalized spacial score (nSPS) is 27.9. The summed E-state index contributed by atoms with van der Waals surface area (Å²) in [7, 11) is 0. The number of nitrogens with zero attached hydrogens (tertiary/aromatic N) is 2. The summed E-state index contributed by atoms with van der Waals surface area (Å²) in [5.74, 6) is 0.667. The molecule has 0 aromatic heterocycles. The minimum absolute atomic E-state index is 0.163. The molecular formula is C15H18N2. The van der Waals surface area contributed by atoms with Gasteiger partial charge in [0.15, 0.2) is 0 Å². The summed E-state index contributed by atoms with van der Waals surface area (Å²) >= 11 is 0. The summed E-state index contributed by atoms with van der Waals surface area (Å²) in [6.07, 6.45) is 4.73. The first kappa shape index (κ1) is 10.8. The number of likely N-dealkylation sites (tertiary alicyclic amines) is 1. The second kappa shape index (κ2) is 4.50. The van der Waals surface area contributed by atoms with Gasteiger partial charge in [-0.2, -0.15) is 5.26 Å². The second-order valence-electron chi connectivity index (χ2n) is 5.24. The van der Waals surface area contributed by atoms with E-state index in [-0.39, 0.29) is 6.04 Å². The summed E-state index contributed by atoms with van der Waals surface area (Å²) < 4.78 is 0. The lowest BCUT2D eigenvalue weighted by Crippen LogP contribution is -2.42. The van der Waals surface area contributed by atoms with Crippen molar-refractivity contribution in [1.82, 2.24) is 4.90 Å². The molecule has 0 N–H and O–H groups in total. The van der Waals surface area contributed by atoms with E-state index in [2.05, 4.69) is 35.2 Å². The third kappa shape index (κ3) is 1.96. The molecule has 2 aliphatic rings. The average molecular weight is 226 g/mol. The van der Waals surface area contributed by atoms with Crippen molar-refractivity contribution < 1.29 is 0 Å². The van der Waals surface area contributed by atoms with Gasteiger partial charge in [0.25, 0.3) is 0 Å². The molecule has 0 spiro atoms. The molecule has 17 heavy (non-hydrogen) atoms. The highest BCUT2D eigenvalue weighted by molar-refractivity contribution is 5.40. The molecule has 1 aromatic rings. The monoisotopic (exact) mass is 226 g/mol. The van der Waals surface area contributed by atoms with Crippen LogP contribution in [0.2, 0.25) is 0 Å². The number of fused-ring (bicyclic) bond motifs is 1. The first-order valence-corrected chi connectivity index (χ1v) is 6.60. The molecule has 1 heterocycles. The molecule has 2 nitrogen and oxygen atoms in total. The molecule has 2 heteroatoms. The highest BCUT2D eigenvalue weighted by Crippen LogP contribution is 2.36. The summed E-state index contributed by atoms with van der Waals surface area (Å²) in [4.78, 5) is 2.39. The Kier molecular flexibility index (Phi) is 2.86. The largest absolute Gasteiger partial charge is 0.287 e. The predicted molar refractivity (Wildman–Crippen MR) is 67.7 cm³/mol. The van der Waals surface area contributed by atoms with Gasteiger partial charge in [-0.15, -0.1) is 0 Å². The third-order valence-electron chi connectivity index (χ3n) is 4.18. The number of benzene rings is 1. The standard InChI is InChI=1S/C15H18N2/c16-10-14-6-3-4-8-17(14)11-13-9-12-5-1-2-7-15(12)13/h1-2,5,7,13-14H,3-4,6,8-9,11H2. The molecule has 0 radical (unpaired) electrons. The Bertz CT molecular complexity index is 446. The molecule has 0 saturated carbocycles. The van der Waals surface area contributed by atoms with Crippen LogP contribution in [-0.2, 0) is 6.42 Å². The number of nitriles is 1. The van der Waals surface area contributed by atoms with Crippen molar-refractivity contribution in [3.05, 3.63) is 35.4 Å². The Balaban J connectivity index is 1.67. The molecule has 3 rings (SSSR count). The molecule has 88 valence electrons. The van der Waals surface area contributed by atoms with Crippen molar-refractivity contribution in [2.24, 2.45) is 0 Å². The zero-order valence-corrected chi connectivity index (χ0v) is 10.1. The van der Waals surface area contributed by atoms with Crippen LogP contribution in [-0.4, -0.2) is 24.0 Å². The fraction of sp³-hybridized carbons (Fsp3) is 0.533. The fourth-order valence-corrected chi connectivity index (χ4v) is 3.16. The summed E-state index contributed by atoms with van der Waals surface area (Å²) in [6.45, 7) is 2.19. The molecule has 0 amide bonds. The van der Waals surface area contributed by atoms with Gasteiger partial charge in [0.1, 0.15) is 0 Å². The van der Waals surface area contributed by atoms with Gasteiger partial charge >= 0.3 is 0 Å². The van der Waals surface area contributed by atoms with Gasteiger partial charge in [0, 0.05) is 12.5 Å². The molecule has 2 unspecified atom stereocenters. The highest BCUT2D eigenvalue weighted by Gasteiger charge is 2.30. The van der Waals surface area contributed by atoms with Crippen LogP contribution in [0, 0.1) is 11.3 Å². The Morgan fingerprint density at radius 1 is 1.29 bits per heavy atom. The van der Waals surface area contributed by atoms with Gasteiger partial charge in [-0.05, 0) is 43.4 Å². The minimum atomic E-state index is 0.163. The molecule has 2 atom stereocenters. The van der Waals surface area contributed by atoms with E-state index in [9.17, 15) is 0 Å². The zero-order chi connectivity index (χ0) is 11.7. The van der Waals surface area contributed by atoms with Crippen LogP contribution in [0.4, 0.5) is 0 Å². The summed E-state index contributed by atoms with van der Waals surface area (Å²) in [6, 6.07) is 11.3. The number of hydrogen-bond donors (Lipinski definition) is 0. The summed E-state index contributed by atoms with van der Waals surface area (Å²) in [5, 5.41) is 9.17. The number of hydrogen-bond acceptors (Lipinski definition) is 2. The van der Waals surface area contributed by atoms with Crippen molar-refractivity contribution in [3.8, 4) is 6.07 Å². The maximum absolute atomic E-state index is 9.17. The van der Waals surface area contributed by atoms with Gasteiger partial charge in [-0.25, -0.2) is 0 Å². The van der Waals surface area contributed by atoms with Crippen LogP contribution >= 0.6 is 0 Å². The lowest BCUT2D eigenvalue weighted by atomic mass is 9.77. The Morgan fingerprint density at radius 2 is 2.18 bits per heavy atom. The molecule has 1 aliphatic carbocycles. The Labute approximate surface area is 103 Å². The van der Waals surface area contributed by atoms with Gasteiger partial charge in [-0.3, -0.25) is 4.90 Å². The third-order valence-corrected chi connectivity index (χ3v) is 4.18. The van der Waals surface area contributed by atoms with E-state index in [4.69, 9.17) is 5.26 Å². The quantitative estimate of drug-likeness (QED) is 0.775. The van der Waals surface area contributed by atoms with E-state index in [1.54, 1.807) is 0 Å². The molecule has 1 fully saturated rings. The van der Waals surface area contributed by atoms with Crippen molar-refractivity contribution >= 4 is 0 Å². The van der Waals surface area contributed by atoms with Crippen molar-refractivity contribution in [2.75, 3.05) is 13.1 Å². The summed E-state index contributed by atoms with van der Waals surface area (Å²) in [5.41, 5.74) is 3.01. The van der Waals surface area contributed by atoms with E-state index in [0.717, 1.165) is 19.5 Å². The maximum atomic E-state index is 9.17. The van der Waals surface area contributed by atoms with Crippen LogP contribution in [0.3, 0.4) is 0 Å². The van der Waals surface area contributed by atoms with Gasteiger partial charge in [0.2, 0.25) is 0 Å². The van der Waals surface area contributed by atoms with Gasteiger partial charge < -0.3 is 0 Å². The fourth-order valence-electron chi connectivity index (χ4n) is 3.16. The molecule has 1 aliphatic heterocycles. The minimum Gasteiger partial charge on any atom is -0.287 e. The van der Waals surface area contributed by atoms with Crippen molar-refractivity contribution in [2.45, 2.75) is 37.6 Å². The topological polar surface area (TPSA) is 27.0 Å². The maximum Gasteiger partial charge on any atom is 0.0978 e. The van der Waals surface area contributed by atoms with E-state index >= 15 is 0 Å². The van der Waals surface area contributed by atoms with Crippen molar-refractivity contribution in [3.63, 3.8) is 0 Å². The van der Waals surface area contributed by atoms with Crippen LogP contribution < -0.4 is 0 Å². The lowest BCUT2D eigenvalue weighted by Gasteiger charge is -2.38. The number of rotatable bonds is 2. The van der Waals surface area contributed by atoms with E-state index in [0.29, 0.717) is 5.92 Å². The highest BCUT2D eigenvalue weighted by atomic mass is 15.2. The Hall–Kier alpha value is -1.33. The molecule has 1 saturated heterocycles. The smallest absolute Gasteiger partial charge is 0.0978 e. The lowest BCUT2D eigenvalue weighted by molar-refractivity contribution is 0.169. The van der Waals surface area contributed by atoms with Gasteiger partial charge in [0.05, 0.1) is 12.1 Å². The Morgan fingerprint density at radius 3 is 3.00 bits per heavy atom. The first-order chi connectivity index (χ1) is 8.38. The van der Waals surface area contributed by atoms with Crippen LogP contribution in [0.1, 0.15) is 36.3 Å². The molecule has 0 bridgehead atoms. The van der Waals surface area contributed by atoms with Crippen LogP contribution in [0.5, 0.6) is 0 Å². The van der Waals surface area contributed by atoms with Crippen LogP contribution in [0.25, 0.3) is 0 Å². The average Bonchev–Trinajstić information content (AvgIpc) is 2.36. The first-order valence-electron chi connectivity index (χ1n) is 6.60. The predicted octanol–water partition coefficient (Wildman–Crippen LogP) is 2.70. The number of piperidine rings is 1. The molecule has 1 aromatic carbocycles. The molecular weight excluding hydrogens is 208 g/mol. The van der Waals surface area contributed by atoms with E-state index < -0.39 is 0 Å². The van der Waals surface area contributed by atoms with E-state index in [1.807, 2.05) is 0 Å². The zero-order valence-electron chi connectivity index (χ0n) is 10.1. The second-order valence-corrected chi connectivity index (χ2v) is 5.24.